The summed E-state index contributed by atoms with van der Waals surface area (Å²) in [5.74, 6) is 0.567. The molecule has 3 N–H and O–H groups in total. The average Bonchev–Trinajstić information content (AvgIpc) is 3.13. The number of hydrogen-bond donors (Lipinski definition) is 3. The monoisotopic (exact) mass is 367 g/mol. The molecule has 3 heterocycles. The number of rotatable bonds is 3. The molecule has 1 aromatic carbocycles. The topological polar surface area (TPSA) is 103 Å². The number of aromatic hydroxyl groups is 1. The Hall–Kier alpha value is -3.13. The van der Waals surface area contributed by atoms with Gasteiger partial charge in [-0.05, 0) is 57.2 Å². The van der Waals surface area contributed by atoms with Gasteiger partial charge in [0.05, 0.1) is 17.3 Å². The zero-order valence-electron chi connectivity index (χ0n) is 15.0. The lowest BCUT2D eigenvalue weighted by Crippen LogP contribution is -2.44. The number of nitrogens with one attached hydrogen (secondary N) is 2. The first kappa shape index (κ1) is 17.3. The number of aromatic amines is 1. The first-order valence-electron chi connectivity index (χ1n) is 8.89. The summed E-state index contributed by atoms with van der Waals surface area (Å²) < 4.78 is 5.59. The summed E-state index contributed by atoms with van der Waals surface area (Å²) in [6, 6.07) is 8.50. The first-order valence-corrected chi connectivity index (χ1v) is 8.89. The first-order chi connectivity index (χ1) is 13.1. The second-order valence-electron chi connectivity index (χ2n) is 6.80. The summed E-state index contributed by atoms with van der Waals surface area (Å²) >= 11 is 0. The fourth-order valence-corrected chi connectivity index (χ4v) is 3.21. The molecule has 3 aromatic rings. The molecule has 140 valence electrons. The molecule has 1 aliphatic rings. The van der Waals surface area contributed by atoms with Crippen LogP contribution in [-0.2, 0) is 0 Å². The molecule has 1 amide bonds. The average molecular weight is 367 g/mol. The molecule has 8 nitrogen and oxygen atoms in total. The van der Waals surface area contributed by atoms with E-state index in [1.807, 2.05) is 0 Å². The van der Waals surface area contributed by atoms with Gasteiger partial charge in [0.1, 0.15) is 11.5 Å². The van der Waals surface area contributed by atoms with E-state index in [0.29, 0.717) is 22.5 Å². The maximum atomic E-state index is 12.4. The number of carbonyl (C=O) groups excluding carboxylic acids is 1. The van der Waals surface area contributed by atoms with Crippen LogP contribution in [0.25, 0.3) is 22.3 Å². The van der Waals surface area contributed by atoms with Gasteiger partial charge in [-0.15, -0.1) is 0 Å². The lowest BCUT2D eigenvalue weighted by molar-refractivity contribution is 0.182. The third-order valence-corrected chi connectivity index (χ3v) is 4.79. The molecule has 2 aromatic heterocycles. The Morgan fingerprint density at radius 3 is 2.78 bits per heavy atom. The SMILES string of the molecule is CN1CCC(NC(=O)Oc2cc(-c3ccc(O)cc3)nc3[nH]ncc23)CC1. The molecule has 0 unspecified atom stereocenters. The van der Waals surface area contributed by atoms with E-state index in [1.54, 1.807) is 36.5 Å². The summed E-state index contributed by atoms with van der Waals surface area (Å²) in [5, 5.41) is 19.9. The number of amides is 1. The number of piperidine rings is 1. The van der Waals surface area contributed by atoms with E-state index in [4.69, 9.17) is 4.74 Å². The molecule has 0 atom stereocenters. The summed E-state index contributed by atoms with van der Waals surface area (Å²) in [6.07, 6.45) is 2.92. The van der Waals surface area contributed by atoms with Crippen molar-refractivity contribution >= 4 is 17.1 Å². The van der Waals surface area contributed by atoms with E-state index >= 15 is 0 Å². The lowest BCUT2D eigenvalue weighted by atomic mass is 10.1. The van der Waals surface area contributed by atoms with Gasteiger partial charge < -0.3 is 20.1 Å². The number of fused-ring (bicyclic) bond motifs is 1. The second-order valence-corrected chi connectivity index (χ2v) is 6.80. The number of likely N-dealkylation sites (tertiary alicyclic amines) is 1. The number of phenolic OH excluding ortho intramolecular Hbond substituents is 1. The van der Waals surface area contributed by atoms with Crippen molar-refractivity contribution in [3.8, 4) is 22.8 Å². The number of aromatic nitrogens is 3. The summed E-state index contributed by atoms with van der Waals surface area (Å²) in [7, 11) is 2.08. The van der Waals surface area contributed by atoms with E-state index in [1.165, 1.54) is 0 Å². The Balaban J connectivity index is 1.56. The van der Waals surface area contributed by atoms with Gasteiger partial charge in [0.15, 0.2) is 5.65 Å². The highest BCUT2D eigenvalue weighted by molar-refractivity contribution is 5.87. The molecule has 0 spiro atoms. The second kappa shape index (κ2) is 7.24. The predicted octanol–water partition coefficient (Wildman–Crippen LogP) is 2.51. The van der Waals surface area contributed by atoms with Gasteiger partial charge >= 0.3 is 6.09 Å². The number of carbonyl (C=O) groups is 1. The quantitative estimate of drug-likeness (QED) is 0.657. The van der Waals surface area contributed by atoms with Crippen LogP contribution in [0, 0.1) is 0 Å². The highest BCUT2D eigenvalue weighted by atomic mass is 16.6. The zero-order valence-corrected chi connectivity index (χ0v) is 15.0. The minimum atomic E-state index is -0.477. The highest BCUT2D eigenvalue weighted by Gasteiger charge is 2.20. The van der Waals surface area contributed by atoms with Gasteiger partial charge in [0.2, 0.25) is 0 Å². The van der Waals surface area contributed by atoms with Gasteiger partial charge in [-0.3, -0.25) is 5.10 Å². The number of pyridine rings is 1. The van der Waals surface area contributed by atoms with Crippen molar-refractivity contribution in [2.75, 3.05) is 20.1 Å². The largest absolute Gasteiger partial charge is 0.508 e. The zero-order chi connectivity index (χ0) is 18.8. The van der Waals surface area contributed by atoms with Crippen LogP contribution in [-0.4, -0.2) is 57.5 Å². The number of ether oxygens (including phenoxy) is 1. The van der Waals surface area contributed by atoms with Crippen LogP contribution >= 0.6 is 0 Å². The predicted molar refractivity (Wildman–Crippen MR) is 101 cm³/mol. The normalized spacial score (nSPS) is 15.7. The Labute approximate surface area is 156 Å². The Morgan fingerprint density at radius 1 is 1.30 bits per heavy atom. The minimum Gasteiger partial charge on any atom is -0.508 e. The van der Waals surface area contributed by atoms with E-state index in [-0.39, 0.29) is 11.8 Å². The Kier molecular flexibility index (Phi) is 4.64. The van der Waals surface area contributed by atoms with Crippen LogP contribution in [0.2, 0.25) is 0 Å². The fraction of sp³-hybridized carbons (Fsp3) is 0.316. The van der Waals surface area contributed by atoms with Gasteiger partial charge in [-0.1, -0.05) is 0 Å². The van der Waals surface area contributed by atoms with Crippen molar-refractivity contribution in [3.63, 3.8) is 0 Å². The lowest BCUT2D eigenvalue weighted by Gasteiger charge is -2.29. The minimum absolute atomic E-state index is 0.118. The number of H-pyrrole nitrogens is 1. The van der Waals surface area contributed by atoms with Gasteiger partial charge in [-0.2, -0.15) is 5.10 Å². The van der Waals surface area contributed by atoms with Gasteiger partial charge in [-0.25, -0.2) is 9.78 Å². The van der Waals surface area contributed by atoms with Crippen LogP contribution in [0.3, 0.4) is 0 Å². The van der Waals surface area contributed by atoms with Crippen molar-refractivity contribution in [1.82, 2.24) is 25.4 Å². The number of hydrogen-bond acceptors (Lipinski definition) is 6. The van der Waals surface area contributed by atoms with Crippen LogP contribution in [0.5, 0.6) is 11.5 Å². The van der Waals surface area contributed by atoms with Crippen molar-refractivity contribution in [2.24, 2.45) is 0 Å². The Bertz CT molecular complexity index is 946. The maximum Gasteiger partial charge on any atom is 0.412 e. The Morgan fingerprint density at radius 2 is 2.04 bits per heavy atom. The molecule has 0 bridgehead atoms. The van der Waals surface area contributed by atoms with Crippen molar-refractivity contribution in [2.45, 2.75) is 18.9 Å². The molecule has 0 saturated carbocycles. The molecule has 8 heteroatoms. The molecular weight excluding hydrogens is 346 g/mol. The molecule has 1 fully saturated rings. The molecule has 0 aliphatic carbocycles. The van der Waals surface area contributed by atoms with Crippen LogP contribution in [0.1, 0.15) is 12.8 Å². The summed E-state index contributed by atoms with van der Waals surface area (Å²) in [6.45, 7) is 1.91. The smallest absolute Gasteiger partial charge is 0.412 e. The number of nitrogens with zero attached hydrogens (tertiary/aromatic N) is 3. The van der Waals surface area contributed by atoms with Crippen molar-refractivity contribution < 1.29 is 14.6 Å². The van der Waals surface area contributed by atoms with Gasteiger partial charge in [0, 0.05) is 17.7 Å². The highest BCUT2D eigenvalue weighted by Crippen LogP contribution is 2.30. The number of benzene rings is 1. The molecule has 1 aliphatic heterocycles. The van der Waals surface area contributed by atoms with Crippen molar-refractivity contribution in [1.29, 1.82) is 0 Å². The van der Waals surface area contributed by atoms with Crippen molar-refractivity contribution in [3.05, 3.63) is 36.5 Å². The summed E-state index contributed by atoms with van der Waals surface area (Å²) in [4.78, 5) is 19.1. The van der Waals surface area contributed by atoms with Crippen LogP contribution in [0.15, 0.2) is 36.5 Å². The maximum absolute atomic E-state index is 12.4. The van der Waals surface area contributed by atoms with E-state index in [9.17, 15) is 9.90 Å². The van der Waals surface area contributed by atoms with Gasteiger partial charge in [0.25, 0.3) is 0 Å². The summed E-state index contributed by atoms with van der Waals surface area (Å²) in [5.41, 5.74) is 1.95. The van der Waals surface area contributed by atoms with Crippen LogP contribution in [0.4, 0.5) is 4.79 Å². The number of phenols is 1. The third kappa shape index (κ3) is 3.85. The molecular formula is C19H21N5O3. The van der Waals surface area contributed by atoms with E-state index in [0.717, 1.165) is 31.5 Å². The molecule has 27 heavy (non-hydrogen) atoms. The molecule has 4 rings (SSSR count). The van der Waals surface area contributed by atoms with E-state index < -0.39 is 6.09 Å². The molecule has 1 saturated heterocycles. The van der Waals surface area contributed by atoms with Crippen LogP contribution < -0.4 is 10.1 Å². The third-order valence-electron chi connectivity index (χ3n) is 4.79. The molecule has 0 radical (unpaired) electrons. The standard InChI is InChI=1S/C19H21N5O3/c1-24-8-6-13(7-9-24)21-19(26)27-17-10-16(12-2-4-14(25)5-3-12)22-18-15(17)11-20-23-18/h2-5,10-11,13,25H,6-9H2,1H3,(H,21,26)(H,20,22,23). The fourth-order valence-electron chi connectivity index (χ4n) is 3.21. The van der Waals surface area contributed by atoms with E-state index in [2.05, 4.69) is 32.4 Å².